The number of hydrogen-bond donors (Lipinski definition) is 2. The molecule has 0 fully saturated rings. The summed E-state index contributed by atoms with van der Waals surface area (Å²) in [5, 5.41) is 9.25. The normalized spacial score (nSPS) is 19.3. The van der Waals surface area contributed by atoms with E-state index < -0.39 is 5.97 Å². The third-order valence-electron chi connectivity index (χ3n) is 6.35. The van der Waals surface area contributed by atoms with Crippen LogP contribution in [0.25, 0.3) is 0 Å². The van der Waals surface area contributed by atoms with Gasteiger partial charge in [0.15, 0.2) is 6.54 Å². The van der Waals surface area contributed by atoms with Gasteiger partial charge in [0.25, 0.3) is 0 Å². The SMILES string of the molecule is CCCCCCCCCCCCCCCC/C=C/CC1=NC=C[N+]1(CC(=O)O)C(C)N. The molecule has 0 bridgehead atoms. The van der Waals surface area contributed by atoms with Crippen molar-refractivity contribution >= 4 is 11.8 Å². The molecule has 2 atom stereocenters. The van der Waals surface area contributed by atoms with Gasteiger partial charge in [-0.3, -0.25) is 5.73 Å². The first-order valence-corrected chi connectivity index (χ1v) is 12.8. The van der Waals surface area contributed by atoms with E-state index in [0.29, 0.717) is 6.42 Å². The van der Waals surface area contributed by atoms with Gasteiger partial charge >= 0.3 is 5.97 Å². The van der Waals surface area contributed by atoms with E-state index >= 15 is 0 Å². The van der Waals surface area contributed by atoms with E-state index in [9.17, 15) is 9.90 Å². The number of nitrogens with zero attached hydrogens (tertiary/aromatic N) is 2. The molecule has 31 heavy (non-hydrogen) atoms. The smallest absolute Gasteiger partial charge is 0.360 e. The van der Waals surface area contributed by atoms with Crippen LogP contribution in [0.5, 0.6) is 0 Å². The maximum Gasteiger partial charge on any atom is 0.360 e. The molecule has 0 amide bonds. The summed E-state index contributed by atoms with van der Waals surface area (Å²) in [6, 6.07) is 0. The lowest BCUT2D eigenvalue weighted by Crippen LogP contribution is -2.58. The van der Waals surface area contributed by atoms with Crippen molar-refractivity contribution in [2.75, 3.05) is 6.54 Å². The molecule has 0 spiro atoms. The second-order valence-corrected chi connectivity index (χ2v) is 9.13. The predicted octanol–water partition coefficient (Wildman–Crippen LogP) is 6.89. The molecule has 0 radical (unpaired) electrons. The van der Waals surface area contributed by atoms with Crippen molar-refractivity contribution in [2.24, 2.45) is 10.7 Å². The van der Waals surface area contributed by atoms with Gasteiger partial charge in [-0.05, 0) is 12.8 Å². The van der Waals surface area contributed by atoms with E-state index in [1.165, 1.54) is 89.9 Å². The Balaban J connectivity index is 2.01. The van der Waals surface area contributed by atoms with Crippen LogP contribution in [-0.4, -0.2) is 34.1 Å². The van der Waals surface area contributed by atoms with Crippen molar-refractivity contribution in [3.05, 3.63) is 24.6 Å². The minimum absolute atomic E-state index is 0.0558. The highest BCUT2D eigenvalue weighted by Crippen LogP contribution is 2.22. The van der Waals surface area contributed by atoms with Crippen molar-refractivity contribution in [1.29, 1.82) is 0 Å². The molecule has 3 N–H and O–H groups in total. The Labute approximate surface area is 191 Å². The number of carboxylic acid groups (broad SMARTS) is 1. The van der Waals surface area contributed by atoms with Crippen LogP contribution in [0.3, 0.4) is 0 Å². The highest BCUT2D eigenvalue weighted by Gasteiger charge is 2.40. The lowest BCUT2D eigenvalue weighted by Gasteiger charge is -2.34. The van der Waals surface area contributed by atoms with Gasteiger partial charge in [0.1, 0.15) is 12.4 Å². The number of aliphatic imine (C=N–C) groups is 1. The number of unbranched alkanes of at least 4 members (excludes halogenated alkanes) is 14. The Morgan fingerprint density at radius 3 is 1.97 bits per heavy atom. The van der Waals surface area contributed by atoms with E-state index in [2.05, 4.69) is 24.1 Å². The Kier molecular flexibility index (Phi) is 15.2. The molecular formula is C26H48N3O2+. The number of carbonyl (C=O) groups is 1. The number of quaternary nitrogens is 1. The van der Waals surface area contributed by atoms with Crippen molar-refractivity contribution in [3.63, 3.8) is 0 Å². The zero-order valence-electron chi connectivity index (χ0n) is 20.2. The molecule has 0 saturated heterocycles. The van der Waals surface area contributed by atoms with Crippen LogP contribution in [0.4, 0.5) is 0 Å². The van der Waals surface area contributed by atoms with Gasteiger partial charge < -0.3 is 5.11 Å². The molecule has 178 valence electrons. The van der Waals surface area contributed by atoms with Crippen molar-refractivity contribution in [3.8, 4) is 0 Å². The monoisotopic (exact) mass is 434 g/mol. The number of allylic oxidation sites excluding steroid dienone is 1. The number of nitrogens with two attached hydrogens (primary N) is 1. The summed E-state index contributed by atoms with van der Waals surface area (Å²) in [6.07, 6.45) is 28.5. The second-order valence-electron chi connectivity index (χ2n) is 9.13. The Morgan fingerprint density at radius 2 is 1.48 bits per heavy atom. The van der Waals surface area contributed by atoms with Crippen LogP contribution < -0.4 is 5.73 Å². The van der Waals surface area contributed by atoms with Crippen LogP contribution in [0, 0.1) is 0 Å². The van der Waals surface area contributed by atoms with E-state index in [4.69, 9.17) is 5.73 Å². The third-order valence-corrected chi connectivity index (χ3v) is 6.35. The van der Waals surface area contributed by atoms with E-state index in [1.54, 1.807) is 12.4 Å². The van der Waals surface area contributed by atoms with Gasteiger partial charge in [-0.1, -0.05) is 103 Å². The highest BCUT2D eigenvalue weighted by molar-refractivity contribution is 5.82. The Hall–Kier alpha value is -1.46. The summed E-state index contributed by atoms with van der Waals surface area (Å²) >= 11 is 0. The van der Waals surface area contributed by atoms with Gasteiger partial charge in [0.05, 0.1) is 12.6 Å². The van der Waals surface area contributed by atoms with Crippen LogP contribution in [-0.2, 0) is 4.79 Å². The molecule has 1 heterocycles. The van der Waals surface area contributed by atoms with E-state index in [0.717, 1.165) is 12.3 Å². The number of aliphatic carboxylic acids is 1. The van der Waals surface area contributed by atoms with E-state index in [-0.39, 0.29) is 17.2 Å². The Morgan fingerprint density at radius 1 is 0.968 bits per heavy atom. The number of hydrogen-bond acceptors (Lipinski definition) is 3. The highest BCUT2D eigenvalue weighted by atomic mass is 16.4. The average molecular weight is 435 g/mol. The molecule has 0 aromatic rings. The summed E-state index contributed by atoms with van der Waals surface area (Å²) < 4.78 is 0.124. The molecule has 2 unspecified atom stereocenters. The number of amidine groups is 1. The first-order chi connectivity index (χ1) is 15.0. The van der Waals surface area contributed by atoms with Gasteiger partial charge in [0, 0.05) is 6.92 Å². The lowest BCUT2D eigenvalue weighted by atomic mass is 10.0. The van der Waals surface area contributed by atoms with Crippen LogP contribution >= 0.6 is 0 Å². The van der Waals surface area contributed by atoms with Crippen molar-refractivity contribution in [1.82, 2.24) is 0 Å². The molecule has 5 nitrogen and oxygen atoms in total. The van der Waals surface area contributed by atoms with Gasteiger partial charge in [-0.15, -0.1) is 0 Å². The minimum atomic E-state index is -0.858. The minimum Gasteiger partial charge on any atom is -0.477 e. The van der Waals surface area contributed by atoms with Crippen molar-refractivity contribution in [2.45, 2.75) is 123 Å². The largest absolute Gasteiger partial charge is 0.477 e. The first-order valence-electron chi connectivity index (χ1n) is 12.8. The molecule has 5 heteroatoms. The number of carboxylic acids is 1. The lowest BCUT2D eigenvalue weighted by molar-refractivity contribution is -0.805. The molecular weight excluding hydrogens is 386 g/mol. The molecule has 1 aliphatic heterocycles. The third kappa shape index (κ3) is 11.6. The summed E-state index contributed by atoms with van der Waals surface area (Å²) in [5.74, 6) is -0.0439. The molecule has 0 aliphatic carbocycles. The predicted molar refractivity (Wildman–Crippen MR) is 132 cm³/mol. The molecule has 1 rings (SSSR count). The van der Waals surface area contributed by atoms with E-state index in [1.807, 2.05) is 6.92 Å². The van der Waals surface area contributed by atoms with Gasteiger partial charge in [-0.2, -0.15) is 0 Å². The van der Waals surface area contributed by atoms with Crippen LogP contribution in [0.1, 0.15) is 117 Å². The topological polar surface area (TPSA) is 75.7 Å². The van der Waals surface area contributed by atoms with Crippen molar-refractivity contribution < 1.29 is 14.4 Å². The summed E-state index contributed by atoms with van der Waals surface area (Å²) in [6.45, 7) is 4.06. The zero-order valence-corrected chi connectivity index (χ0v) is 20.2. The summed E-state index contributed by atoms with van der Waals surface area (Å²) in [7, 11) is 0. The van der Waals surface area contributed by atoms with Gasteiger partial charge in [-0.25, -0.2) is 14.3 Å². The van der Waals surface area contributed by atoms with Crippen LogP contribution in [0.15, 0.2) is 29.5 Å². The maximum absolute atomic E-state index is 11.3. The number of rotatable bonds is 20. The average Bonchev–Trinajstić information content (AvgIpc) is 3.13. The molecule has 1 aliphatic rings. The fourth-order valence-corrected chi connectivity index (χ4v) is 4.30. The van der Waals surface area contributed by atoms with Crippen LogP contribution in [0.2, 0.25) is 0 Å². The molecule has 0 aromatic carbocycles. The second kappa shape index (κ2) is 17.1. The maximum atomic E-state index is 11.3. The summed E-state index contributed by atoms with van der Waals surface area (Å²) in [4.78, 5) is 15.7. The first kappa shape index (κ1) is 27.6. The Bertz CT molecular complexity index is 569. The molecule has 0 aromatic heterocycles. The van der Waals surface area contributed by atoms with Gasteiger partial charge in [0.2, 0.25) is 5.84 Å². The summed E-state index contributed by atoms with van der Waals surface area (Å²) in [5.41, 5.74) is 6.09. The molecule has 0 saturated carbocycles. The fraction of sp³-hybridized carbons (Fsp3) is 0.769. The quantitative estimate of drug-likeness (QED) is 0.124. The fourth-order valence-electron chi connectivity index (χ4n) is 4.30. The zero-order chi connectivity index (χ0) is 22.8. The standard InChI is InChI=1S/C26H47N3O2/c1-3-4-5-6-7-8-9-10-11-12-13-14-15-16-17-18-19-20-25-28-21-22-29(25,24(2)27)23-26(30)31/h18-19,21-22,24H,3-17,20,23,27H2,1-2H3/p+1/b19-18+.